The minimum absolute atomic E-state index is 0.0160. The average molecular weight is 554 g/mol. The molecule has 1 fully saturated rings. The number of benzene rings is 1. The van der Waals surface area contributed by atoms with Crippen LogP contribution < -0.4 is 14.2 Å². The van der Waals surface area contributed by atoms with Crippen molar-refractivity contribution in [1.82, 2.24) is 14.5 Å². The first-order valence-corrected chi connectivity index (χ1v) is 15.5. The SMILES string of the molecule is CCCCN(CCCC)C(=O)CN1C[C@H](c2cc3c(c(OC)c2)OCC3)[C@@H](C(=O)O)[C@@H]1CCNS(C)(=O)=O. The third-order valence-corrected chi connectivity index (χ3v) is 8.24. The van der Waals surface area contributed by atoms with E-state index in [1.54, 1.807) is 7.11 Å². The normalized spacial score (nSPS) is 21.2. The molecule has 0 saturated carbocycles. The van der Waals surface area contributed by atoms with Crippen molar-refractivity contribution in [3.8, 4) is 11.5 Å². The van der Waals surface area contributed by atoms with Crippen LogP contribution in [0.2, 0.25) is 0 Å². The lowest BCUT2D eigenvalue weighted by atomic mass is 9.83. The lowest BCUT2D eigenvalue weighted by Gasteiger charge is -2.29. The third kappa shape index (κ3) is 7.60. The number of nitrogens with one attached hydrogen (secondary N) is 1. The van der Waals surface area contributed by atoms with Crippen molar-refractivity contribution >= 4 is 21.9 Å². The molecule has 0 radical (unpaired) electrons. The summed E-state index contributed by atoms with van der Waals surface area (Å²) in [4.78, 5) is 30.0. The monoisotopic (exact) mass is 553 g/mol. The van der Waals surface area contributed by atoms with Crippen molar-refractivity contribution in [2.75, 3.05) is 52.7 Å². The summed E-state index contributed by atoms with van der Waals surface area (Å²) in [5, 5.41) is 10.4. The lowest BCUT2D eigenvalue weighted by Crippen LogP contribution is -2.45. The first-order valence-electron chi connectivity index (χ1n) is 13.6. The second-order valence-electron chi connectivity index (χ2n) is 10.3. The van der Waals surface area contributed by atoms with Crippen molar-refractivity contribution in [3.63, 3.8) is 0 Å². The zero-order valence-corrected chi connectivity index (χ0v) is 23.9. The number of sulfonamides is 1. The molecule has 2 heterocycles. The van der Waals surface area contributed by atoms with E-state index in [1.807, 2.05) is 21.9 Å². The highest BCUT2D eigenvalue weighted by molar-refractivity contribution is 7.88. The number of amides is 1. The van der Waals surface area contributed by atoms with Crippen molar-refractivity contribution in [1.29, 1.82) is 0 Å². The van der Waals surface area contributed by atoms with Crippen LogP contribution in [0, 0.1) is 5.92 Å². The van der Waals surface area contributed by atoms with Gasteiger partial charge >= 0.3 is 5.97 Å². The molecular weight excluding hydrogens is 510 g/mol. The van der Waals surface area contributed by atoms with Gasteiger partial charge in [-0.1, -0.05) is 32.8 Å². The predicted molar refractivity (Wildman–Crippen MR) is 145 cm³/mol. The summed E-state index contributed by atoms with van der Waals surface area (Å²) in [5.41, 5.74) is 1.82. The second kappa shape index (κ2) is 13.6. The summed E-state index contributed by atoms with van der Waals surface area (Å²) in [6.45, 7) is 6.66. The van der Waals surface area contributed by atoms with Crippen LogP contribution >= 0.6 is 0 Å². The van der Waals surface area contributed by atoms with Gasteiger partial charge in [0, 0.05) is 50.1 Å². The molecule has 11 heteroatoms. The highest BCUT2D eigenvalue weighted by Crippen LogP contribution is 2.44. The van der Waals surface area contributed by atoms with Gasteiger partial charge in [-0.05, 0) is 30.9 Å². The Morgan fingerprint density at radius 1 is 1.21 bits per heavy atom. The topological polar surface area (TPSA) is 125 Å². The van der Waals surface area contributed by atoms with Gasteiger partial charge in [0.15, 0.2) is 11.5 Å². The molecule has 3 atom stereocenters. The molecule has 0 aliphatic carbocycles. The number of rotatable bonds is 15. The number of methoxy groups -OCH3 is 1. The fourth-order valence-electron chi connectivity index (χ4n) is 5.58. The van der Waals surface area contributed by atoms with Gasteiger partial charge in [-0.2, -0.15) is 0 Å². The van der Waals surface area contributed by atoms with Crippen LogP contribution in [0.3, 0.4) is 0 Å². The Kier molecular flexibility index (Phi) is 10.8. The predicted octanol–water partition coefficient (Wildman–Crippen LogP) is 2.47. The summed E-state index contributed by atoms with van der Waals surface area (Å²) in [5.74, 6) is -0.896. The molecule has 0 bridgehead atoms. The number of carboxylic acid groups (broad SMARTS) is 1. The molecule has 2 N–H and O–H groups in total. The molecule has 1 amide bonds. The minimum Gasteiger partial charge on any atom is -0.493 e. The van der Waals surface area contributed by atoms with E-state index >= 15 is 0 Å². The Morgan fingerprint density at radius 3 is 2.47 bits per heavy atom. The summed E-state index contributed by atoms with van der Waals surface area (Å²) >= 11 is 0. The molecule has 3 rings (SSSR count). The van der Waals surface area contributed by atoms with Crippen LogP contribution in [-0.2, 0) is 26.0 Å². The van der Waals surface area contributed by atoms with Gasteiger partial charge in [0.05, 0.1) is 32.4 Å². The molecule has 1 aromatic carbocycles. The number of nitrogens with zero attached hydrogens (tertiary/aromatic N) is 2. The lowest BCUT2D eigenvalue weighted by molar-refractivity contribution is -0.143. The van der Waals surface area contributed by atoms with Gasteiger partial charge in [-0.25, -0.2) is 13.1 Å². The van der Waals surface area contributed by atoms with Crippen LogP contribution in [0.4, 0.5) is 0 Å². The van der Waals surface area contributed by atoms with Gasteiger partial charge < -0.3 is 19.5 Å². The van der Waals surface area contributed by atoms with E-state index in [-0.39, 0.29) is 31.3 Å². The molecule has 0 unspecified atom stereocenters. The summed E-state index contributed by atoms with van der Waals surface area (Å²) in [6.07, 6.45) is 5.86. The number of carboxylic acids is 1. The molecule has 10 nitrogen and oxygen atoms in total. The molecule has 0 aromatic heterocycles. The number of carbonyl (C=O) groups is 2. The standard InChI is InChI=1S/C27H43N3O7S/c1-5-7-12-29(13-8-6-2)24(31)18-30-17-21(20-15-19-10-14-37-26(19)23(16-20)36-3)25(27(32)33)22(30)9-11-28-38(4,34)35/h15-16,21-22,25,28H,5-14,17-18H2,1-4H3,(H,32,33)/t21-,22+,25-/m1/s1. The molecule has 1 aromatic rings. The smallest absolute Gasteiger partial charge is 0.308 e. The van der Waals surface area contributed by atoms with Crippen LogP contribution in [0.15, 0.2) is 12.1 Å². The number of hydrogen-bond acceptors (Lipinski definition) is 7. The Morgan fingerprint density at radius 2 is 1.89 bits per heavy atom. The number of likely N-dealkylation sites (tertiary alicyclic amines) is 1. The average Bonchev–Trinajstić information content (AvgIpc) is 3.47. The van der Waals surface area contributed by atoms with Crippen molar-refractivity contribution in [3.05, 3.63) is 23.3 Å². The highest BCUT2D eigenvalue weighted by atomic mass is 32.2. The molecule has 2 aliphatic rings. The zero-order chi connectivity index (χ0) is 27.9. The summed E-state index contributed by atoms with van der Waals surface area (Å²) in [6, 6.07) is 3.33. The highest BCUT2D eigenvalue weighted by Gasteiger charge is 2.47. The zero-order valence-electron chi connectivity index (χ0n) is 23.1. The van der Waals surface area contributed by atoms with E-state index in [2.05, 4.69) is 18.6 Å². The number of carbonyl (C=O) groups excluding carboxylic acids is 1. The third-order valence-electron chi connectivity index (χ3n) is 7.51. The van der Waals surface area contributed by atoms with E-state index in [9.17, 15) is 23.1 Å². The van der Waals surface area contributed by atoms with Crippen LogP contribution in [0.1, 0.15) is 63.0 Å². The van der Waals surface area contributed by atoms with E-state index in [0.29, 0.717) is 37.7 Å². The quantitative estimate of drug-likeness (QED) is 0.339. The first kappa shape index (κ1) is 30.2. The fourth-order valence-corrected chi connectivity index (χ4v) is 6.07. The molecule has 0 spiro atoms. The number of fused-ring (bicyclic) bond motifs is 1. The second-order valence-corrected chi connectivity index (χ2v) is 12.2. The molecule has 38 heavy (non-hydrogen) atoms. The number of hydrogen-bond donors (Lipinski definition) is 2. The van der Waals surface area contributed by atoms with Crippen molar-refractivity contribution < 1.29 is 32.6 Å². The van der Waals surface area contributed by atoms with Gasteiger partial charge in [0.2, 0.25) is 15.9 Å². The minimum atomic E-state index is -3.43. The first-order chi connectivity index (χ1) is 18.1. The van der Waals surface area contributed by atoms with Gasteiger partial charge in [0.25, 0.3) is 0 Å². The Balaban J connectivity index is 1.92. The molecule has 2 aliphatic heterocycles. The van der Waals surface area contributed by atoms with Crippen LogP contribution in [-0.4, -0.2) is 93.9 Å². The maximum atomic E-state index is 13.5. The fraction of sp³-hybridized carbons (Fsp3) is 0.704. The maximum Gasteiger partial charge on any atom is 0.308 e. The summed E-state index contributed by atoms with van der Waals surface area (Å²) in [7, 11) is -1.87. The van der Waals surface area contributed by atoms with Crippen LogP contribution in [0.25, 0.3) is 0 Å². The molecular formula is C27H43N3O7S. The Labute approximate surface area is 226 Å². The van der Waals surface area contributed by atoms with Crippen molar-refractivity contribution in [2.45, 2.75) is 64.3 Å². The number of unbranched alkanes of at least 4 members (excludes halogenated alkanes) is 2. The summed E-state index contributed by atoms with van der Waals surface area (Å²) < 4.78 is 37.2. The van der Waals surface area contributed by atoms with E-state index in [4.69, 9.17) is 9.47 Å². The Bertz CT molecular complexity index is 1070. The van der Waals surface area contributed by atoms with E-state index in [0.717, 1.165) is 49.5 Å². The van der Waals surface area contributed by atoms with Gasteiger partial charge in [-0.15, -0.1) is 0 Å². The molecule has 214 valence electrons. The van der Waals surface area contributed by atoms with Gasteiger partial charge in [0.1, 0.15) is 0 Å². The van der Waals surface area contributed by atoms with Gasteiger partial charge in [-0.3, -0.25) is 14.5 Å². The van der Waals surface area contributed by atoms with E-state index < -0.39 is 28.0 Å². The molecule has 1 saturated heterocycles. The Hall–Kier alpha value is -2.37. The van der Waals surface area contributed by atoms with Crippen molar-refractivity contribution in [2.24, 2.45) is 5.92 Å². The number of aliphatic carboxylic acids is 1. The van der Waals surface area contributed by atoms with Crippen LogP contribution in [0.5, 0.6) is 11.5 Å². The maximum absolute atomic E-state index is 13.5. The van der Waals surface area contributed by atoms with E-state index in [1.165, 1.54) is 0 Å². The number of ether oxygens (including phenoxy) is 2. The largest absolute Gasteiger partial charge is 0.493 e.